The Morgan fingerprint density at radius 3 is 2.65 bits per heavy atom. The van der Waals surface area contributed by atoms with Crippen LogP contribution in [-0.4, -0.2) is 10.1 Å². The second-order valence-electron chi connectivity index (χ2n) is 4.63. The van der Waals surface area contributed by atoms with Crippen LogP contribution in [0.3, 0.4) is 0 Å². The summed E-state index contributed by atoms with van der Waals surface area (Å²) < 4.78 is 5.12. The van der Waals surface area contributed by atoms with Crippen LogP contribution in [0.1, 0.15) is 30.0 Å². The van der Waals surface area contributed by atoms with Crippen molar-refractivity contribution in [1.29, 1.82) is 0 Å². The minimum atomic E-state index is -0.503. The molecule has 0 saturated carbocycles. The third-order valence-corrected chi connectivity index (χ3v) is 3.13. The largest absolute Gasteiger partial charge is 0.393 e. The zero-order chi connectivity index (χ0) is 14.9. The molecule has 0 aliphatic heterocycles. The highest BCUT2D eigenvalue weighted by Gasteiger charge is 2.17. The number of hydrogen-bond acceptors (Lipinski definition) is 6. The molecule has 0 aliphatic rings. The highest BCUT2D eigenvalue weighted by molar-refractivity contribution is 5.66. The van der Waals surface area contributed by atoms with Crippen LogP contribution in [0.4, 0.5) is 17.1 Å². The lowest BCUT2D eigenvalue weighted by molar-refractivity contribution is -0.383. The number of benzene rings is 1. The maximum atomic E-state index is 10.7. The first kappa shape index (κ1) is 13.9. The van der Waals surface area contributed by atoms with Gasteiger partial charge in [-0.25, -0.2) is 0 Å². The molecule has 20 heavy (non-hydrogen) atoms. The molecule has 1 unspecified atom stereocenters. The summed E-state index contributed by atoms with van der Waals surface area (Å²) >= 11 is 0. The quantitative estimate of drug-likeness (QED) is 0.505. The fourth-order valence-electron chi connectivity index (χ4n) is 2.24. The molecule has 106 valence electrons. The Kier molecular flexibility index (Phi) is 3.60. The van der Waals surface area contributed by atoms with Crippen molar-refractivity contribution in [2.75, 3.05) is 11.1 Å². The molecule has 0 aliphatic carbocycles. The summed E-state index contributed by atoms with van der Waals surface area (Å²) in [6.07, 6.45) is 0. The lowest BCUT2D eigenvalue weighted by Crippen LogP contribution is -2.09. The second kappa shape index (κ2) is 5.20. The molecular weight excluding hydrogens is 260 g/mol. The Labute approximate surface area is 115 Å². The van der Waals surface area contributed by atoms with Gasteiger partial charge in [0.05, 0.1) is 16.7 Å². The van der Waals surface area contributed by atoms with Crippen molar-refractivity contribution in [2.24, 2.45) is 0 Å². The molecule has 1 heterocycles. The third kappa shape index (κ3) is 2.56. The van der Waals surface area contributed by atoms with Crippen LogP contribution in [0.5, 0.6) is 0 Å². The fraction of sp³-hybridized carbons (Fsp3) is 0.308. The lowest BCUT2D eigenvalue weighted by atomic mass is 10.1. The molecule has 1 atom stereocenters. The van der Waals surface area contributed by atoms with Crippen molar-refractivity contribution in [3.8, 4) is 0 Å². The molecule has 0 amide bonds. The van der Waals surface area contributed by atoms with E-state index in [9.17, 15) is 10.1 Å². The minimum Gasteiger partial charge on any atom is -0.393 e. The van der Waals surface area contributed by atoms with E-state index in [1.807, 2.05) is 20.8 Å². The summed E-state index contributed by atoms with van der Waals surface area (Å²) in [6, 6.07) is 4.52. The van der Waals surface area contributed by atoms with Gasteiger partial charge < -0.3 is 15.6 Å². The lowest BCUT2D eigenvalue weighted by Gasteiger charge is -2.15. The molecule has 3 N–H and O–H groups in total. The van der Waals surface area contributed by atoms with Crippen molar-refractivity contribution >= 4 is 17.1 Å². The van der Waals surface area contributed by atoms with Crippen LogP contribution >= 0.6 is 0 Å². The standard InChI is InChI=1S/C13H16N4O3/c1-7(13-8(2)16-20-9(13)3)15-10-4-5-12(17(18)19)11(14)6-10/h4-7,15H,14H2,1-3H3. The van der Waals surface area contributed by atoms with Gasteiger partial charge in [0.1, 0.15) is 11.4 Å². The zero-order valence-corrected chi connectivity index (χ0v) is 11.5. The first-order valence-corrected chi connectivity index (χ1v) is 6.13. The predicted octanol–water partition coefficient (Wildman–Crippen LogP) is 2.95. The van der Waals surface area contributed by atoms with Crippen LogP contribution in [0.15, 0.2) is 22.7 Å². The Balaban J connectivity index is 2.22. The molecule has 7 nitrogen and oxygen atoms in total. The first-order chi connectivity index (χ1) is 9.40. The molecule has 2 aromatic rings. The van der Waals surface area contributed by atoms with Gasteiger partial charge in [-0.15, -0.1) is 0 Å². The number of nitrogen functional groups attached to an aromatic ring is 1. The topological polar surface area (TPSA) is 107 Å². The van der Waals surface area contributed by atoms with E-state index in [1.165, 1.54) is 6.07 Å². The predicted molar refractivity (Wildman–Crippen MR) is 75.5 cm³/mol. The number of nitro benzene ring substituents is 1. The fourth-order valence-corrected chi connectivity index (χ4v) is 2.24. The van der Waals surface area contributed by atoms with Crippen LogP contribution < -0.4 is 11.1 Å². The highest BCUT2D eigenvalue weighted by Crippen LogP contribution is 2.29. The number of nitro groups is 1. The van der Waals surface area contributed by atoms with E-state index in [-0.39, 0.29) is 17.4 Å². The summed E-state index contributed by atoms with van der Waals surface area (Å²) in [5.74, 6) is 0.748. The molecular formula is C13H16N4O3. The average molecular weight is 276 g/mol. The Hall–Kier alpha value is -2.57. The number of nitrogens with zero attached hydrogens (tertiary/aromatic N) is 2. The van der Waals surface area contributed by atoms with Gasteiger partial charge in [0, 0.05) is 17.3 Å². The Morgan fingerprint density at radius 1 is 1.45 bits per heavy atom. The SMILES string of the molecule is Cc1noc(C)c1C(C)Nc1ccc([N+](=O)[O-])c(N)c1. The number of nitrogens with one attached hydrogen (secondary N) is 1. The number of anilines is 2. The van der Waals surface area contributed by atoms with E-state index in [4.69, 9.17) is 10.3 Å². The normalized spacial score (nSPS) is 12.2. The third-order valence-electron chi connectivity index (χ3n) is 3.13. The maximum Gasteiger partial charge on any atom is 0.292 e. The van der Waals surface area contributed by atoms with Gasteiger partial charge in [0.25, 0.3) is 5.69 Å². The van der Waals surface area contributed by atoms with E-state index in [0.29, 0.717) is 5.69 Å². The van der Waals surface area contributed by atoms with E-state index in [0.717, 1.165) is 17.0 Å². The van der Waals surface area contributed by atoms with Gasteiger partial charge >= 0.3 is 0 Å². The summed E-state index contributed by atoms with van der Waals surface area (Å²) in [6.45, 7) is 5.68. The molecule has 0 saturated heterocycles. The number of rotatable bonds is 4. The van der Waals surface area contributed by atoms with Gasteiger partial charge in [0.15, 0.2) is 0 Å². The summed E-state index contributed by atoms with van der Waals surface area (Å²) in [7, 11) is 0. The second-order valence-corrected chi connectivity index (χ2v) is 4.63. The molecule has 0 fully saturated rings. The number of nitrogens with two attached hydrogens (primary N) is 1. The summed E-state index contributed by atoms with van der Waals surface area (Å²) in [4.78, 5) is 10.2. The van der Waals surface area contributed by atoms with E-state index >= 15 is 0 Å². The Morgan fingerprint density at radius 2 is 2.15 bits per heavy atom. The first-order valence-electron chi connectivity index (χ1n) is 6.13. The molecule has 2 rings (SSSR count). The average Bonchev–Trinajstić information content (AvgIpc) is 2.68. The number of aryl methyl sites for hydroxylation is 2. The van der Waals surface area contributed by atoms with Gasteiger partial charge in [0.2, 0.25) is 0 Å². The van der Waals surface area contributed by atoms with E-state index < -0.39 is 4.92 Å². The molecule has 7 heteroatoms. The highest BCUT2D eigenvalue weighted by atomic mass is 16.6. The van der Waals surface area contributed by atoms with Crippen molar-refractivity contribution in [2.45, 2.75) is 26.8 Å². The number of aromatic nitrogens is 1. The van der Waals surface area contributed by atoms with Crippen molar-refractivity contribution in [3.63, 3.8) is 0 Å². The molecule has 0 radical (unpaired) electrons. The van der Waals surface area contributed by atoms with Crippen molar-refractivity contribution in [1.82, 2.24) is 5.16 Å². The van der Waals surface area contributed by atoms with Crippen molar-refractivity contribution in [3.05, 3.63) is 45.3 Å². The van der Waals surface area contributed by atoms with Crippen molar-refractivity contribution < 1.29 is 9.45 Å². The monoisotopic (exact) mass is 276 g/mol. The maximum absolute atomic E-state index is 10.7. The zero-order valence-electron chi connectivity index (χ0n) is 11.5. The smallest absolute Gasteiger partial charge is 0.292 e. The van der Waals surface area contributed by atoms with E-state index in [2.05, 4.69) is 10.5 Å². The van der Waals surface area contributed by atoms with Gasteiger partial charge in [-0.1, -0.05) is 5.16 Å². The van der Waals surface area contributed by atoms with Crippen LogP contribution in [0, 0.1) is 24.0 Å². The van der Waals surface area contributed by atoms with Gasteiger partial charge in [-0.3, -0.25) is 10.1 Å². The molecule has 1 aromatic carbocycles. The molecule has 0 spiro atoms. The van der Waals surface area contributed by atoms with E-state index in [1.54, 1.807) is 12.1 Å². The molecule has 1 aromatic heterocycles. The Bertz CT molecular complexity index is 632. The number of hydrogen-bond donors (Lipinski definition) is 2. The van der Waals surface area contributed by atoms with Crippen LogP contribution in [0.2, 0.25) is 0 Å². The summed E-state index contributed by atoms with van der Waals surface area (Å²) in [5, 5.41) is 17.9. The van der Waals surface area contributed by atoms with Gasteiger partial charge in [-0.2, -0.15) is 0 Å². The summed E-state index contributed by atoms with van der Waals surface area (Å²) in [5.41, 5.74) is 8.20. The molecule has 0 bridgehead atoms. The van der Waals surface area contributed by atoms with Crippen LogP contribution in [0.25, 0.3) is 0 Å². The van der Waals surface area contributed by atoms with Crippen LogP contribution in [-0.2, 0) is 0 Å². The minimum absolute atomic E-state index is 0.0397. The van der Waals surface area contributed by atoms with Gasteiger partial charge in [-0.05, 0) is 32.9 Å².